The van der Waals surface area contributed by atoms with Crippen LogP contribution in [0.5, 0.6) is 5.75 Å². The lowest BCUT2D eigenvalue weighted by atomic mass is 10.0. The first-order chi connectivity index (χ1) is 8.04. The molecule has 0 spiro atoms. The maximum atomic E-state index is 11.7. The Hall–Kier alpha value is -1.55. The van der Waals surface area contributed by atoms with E-state index in [0.29, 0.717) is 12.3 Å². The fraction of sp³-hybridized carbons (Fsp3) is 0.462. The summed E-state index contributed by atoms with van der Waals surface area (Å²) in [5, 5.41) is 2.78. The number of benzene rings is 1. The Morgan fingerprint density at radius 2 is 2.18 bits per heavy atom. The topological polar surface area (TPSA) is 64.3 Å². The number of nitrogens with two attached hydrogens (primary N) is 1. The van der Waals surface area contributed by atoms with Gasteiger partial charge in [-0.1, -0.05) is 19.9 Å². The van der Waals surface area contributed by atoms with Crippen molar-refractivity contribution in [2.45, 2.75) is 26.8 Å². The molecule has 1 aromatic carbocycles. The monoisotopic (exact) mass is 236 g/mol. The molecule has 1 amide bonds. The van der Waals surface area contributed by atoms with Crippen LogP contribution in [0.2, 0.25) is 0 Å². The molecule has 1 rings (SSSR count). The van der Waals surface area contributed by atoms with Crippen molar-refractivity contribution in [3.63, 3.8) is 0 Å². The van der Waals surface area contributed by atoms with E-state index in [1.807, 2.05) is 39.0 Å². The van der Waals surface area contributed by atoms with Crippen LogP contribution in [0.1, 0.15) is 20.8 Å². The molecule has 0 radical (unpaired) electrons. The molecule has 17 heavy (non-hydrogen) atoms. The number of nitrogens with one attached hydrogen (secondary N) is 1. The van der Waals surface area contributed by atoms with E-state index in [1.165, 1.54) is 0 Å². The summed E-state index contributed by atoms with van der Waals surface area (Å²) in [4.78, 5) is 11.7. The number of ether oxygens (including phenoxy) is 1. The van der Waals surface area contributed by atoms with Gasteiger partial charge in [0.05, 0.1) is 12.6 Å². The Kier molecular flexibility index (Phi) is 4.97. The van der Waals surface area contributed by atoms with Gasteiger partial charge in [0.1, 0.15) is 5.75 Å². The highest BCUT2D eigenvalue weighted by atomic mass is 16.5. The van der Waals surface area contributed by atoms with Crippen LogP contribution in [0, 0.1) is 5.92 Å². The lowest BCUT2D eigenvalue weighted by Crippen LogP contribution is -2.39. The first kappa shape index (κ1) is 13.5. The molecular formula is C13H20N2O2. The molecule has 0 saturated heterocycles. The average molecular weight is 236 g/mol. The van der Waals surface area contributed by atoms with Crippen LogP contribution in [-0.4, -0.2) is 18.6 Å². The van der Waals surface area contributed by atoms with Crippen LogP contribution in [0.3, 0.4) is 0 Å². The second-order valence-corrected chi connectivity index (χ2v) is 4.22. The molecule has 1 atom stereocenters. The zero-order valence-corrected chi connectivity index (χ0v) is 10.6. The summed E-state index contributed by atoms with van der Waals surface area (Å²) in [6.45, 7) is 6.35. The first-order valence-electron chi connectivity index (χ1n) is 5.84. The Morgan fingerprint density at radius 3 is 2.76 bits per heavy atom. The Bertz CT molecular complexity index is 377. The third kappa shape index (κ3) is 4.07. The molecule has 0 aromatic heterocycles. The van der Waals surface area contributed by atoms with E-state index < -0.39 is 6.04 Å². The molecule has 1 unspecified atom stereocenters. The van der Waals surface area contributed by atoms with E-state index in [2.05, 4.69) is 5.32 Å². The smallest absolute Gasteiger partial charge is 0.241 e. The third-order valence-corrected chi connectivity index (χ3v) is 2.43. The molecule has 1 aromatic rings. The second kappa shape index (κ2) is 6.25. The summed E-state index contributed by atoms with van der Waals surface area (Å²) in [6, 6.07) is 6.79. The maximum absolute atomic E-state index is 11.7. The molecule has 0 heterocycles. The zero-order chi connectivity index (χ0) is 12.8. The zero-order valence-electron chi connectivity index (χ0n) is 10.6. The van der Waals surface area contributed by atoms with Gasteiger partial charge in [-0.25, -0.2) is 0 Å². The predicted molar refractivity (Wildman–Crippen MR) is 69.1 cm³/mol. The number of hydrogen-bond donors (Lipinski definition) is 2. The summed E-state index contributed by atoms with van der Waals surface area (Å²) in [7, 11) is 0. The fourth-order valence-corrected chi connectivity index (χ4v) is 1.36. The van der Waals surface area contributed by atoms with Gasteiger partial charge in [-0.2, -0.15) is 0 Å². The van der Waals surface area contributed by atoms with Crippen molar-refractivity contribution in [1.82, 2.24) is 0 Å². The molecule has 0 fully saturated rings. The van der Waals surface area contributed by atoms with Crippen LogP contribution in [0.4, 0.5) is 5.69 Å². The Labute approximate surface area is 102 Å². The van der Waals surface area contributed by atoms with E-state index in [4.69, 9.17) is 10.5 Å². The van der Waals surface area contributed by atoms with Gasteiger partial charge < -0.3 is 15.8 Å². The Morgan fingerprint density at radius 1 is 1.47 bits per heavy atom. The van der Waals surface area contributed by atoms with Crippen molar-refractivity contribution in [3.8, 4) is 5.75 Å². The van der Waals surface area contributed by atoms with Crippen molar-refractivity contribution >= 4 is 11.6 Å². The minimum absolute atomic E-state index is 0.116. The van der Waals surface area contributed by atoms with Gasteiger partial charge in [-0.05, 0) is 25.0 Å². The largest absolute Gasteiger partial charge is 0.494 e. The number of carbonyl (C=O) groups excluding carboxylic acids is 1. The quantitative estimate of drug-likeness (QED) is 0.822. The van der Waals surface area contributed by atoms with Gasteiger partial charge in [0.2, 0.25) is 5.91 Å². The van der Waals surface area contributed by atoms with Crippen molar-refractivity contribution in [1.29, 1.82) is 0 Å². The predicted octanol–water partition coefficient (Wildman–Crippen LogP) is 2.01. The Balaban J connectivity index is 2.68. The highest BCUT2D eigenvalue weighted by molar-refractivity contribution is 5.94. The number of carbonyl (C=O) groups is 1. The lowest BCUT2D eigenvalue weighted by Gasteiger charge is -2.15. The molecular weight excluding hydrogens is 216 g/mol. The molecule has 0 saturated carbocycles. The van der Waals surface area contributed by atoms with Crippen molar-refractivity contribution < 1.29 is 9.53 Å². The molecule has 0 aliphatic rings. The molecule has 4 heteroatoms. The van der Waals surface area contributed by atoms with E-state index in [-0.39, 0.29) is 11.8 Å². The minimum Gasteiger partial charge on any atom is -0.494 e. The van der Waals surface area contributed by atoms with Gasteiger partial charge in [-0.15, -0.1) is 0 Å². The second-order valence-electron chi connectivity index (χ2n) is 4.22. The summed E-state index contributed by atoms with van der Waals surface area (Å²) in [5.41, 5.74) is 6.47. The summed E-state index contributed by atoms with van der Waals surface area (Å²) < 4.78 is 5.35. The van der Waals surface area contributed by atoms with Crippen molar-refractivity contribution in [3.05, 3.63) is 24.3 Å². The van der Waals surface area contributed by atoms with Gasteiger partial charge in [0.25, 0.3) is 0 Å². The fourth-order valence-electron chi connectivity index (χ4n) is 1.36. The number of amides is 1. The normalized spacial score (nSPS) is 12.3. The third-order valence-electron chi connectivity index (χ3n) is 2.43. The molecule has 94 valence electrons. The molecule has 0 bridgehead atoms. The summed E-state index contributed by atoms with van der Waals surface area (Å²) >= 11 is 0. The lowest BCUT2D eigenvalue weighted by molar-refractivity contribution is -0.118. The molecule has 4 nitrogen and oxygen atoms in total. The molecule has 3 N–H and O–H groups in total. The van der Waals surface area contributed by atoms with Gasteiger partial charge in [0.15, 0.2) is 0 Å². The van der Waals surface area contributed by atoms with Gasteiger partial charge in [-0.3, -0.25) is 4.79 Å². The number of rotatable bonds is 5. The molecule has 0 aliphatic heterocycles. The van der Waals surface area contributed by atoms with Gasteiger partial charge in [0, 0.05) is 11.8 Å². The maximum Gasteiger partial charge on any atom is 0.241 e. The molecule has 0 aliphatic carbocycles. The minimum atomic E-state index is -0.495. The van der Waals surface area contributed by atoms with E-state index in [9.17, 15) is 4.79 Å². The van der Waals surface area contributed by atoms with Gasteiger partial charge >= 0.3 is 0 Å². The standard InChI is InChI=1S/C13H20N2O2/c1-4-17-11-7-5-6-10(8-11)15-13(16)12(14)9(2)3/h5-9,12H,4,14H2,1-3H3,(H,15,16). The van der Waals surface area contributed by atoms with Crippen molar-refractivity contribution in [2.75, 3.05) is 11.9 Å². The van der Waals surface area contributed by atoms with Crippen molar-refractivity contribution in [2.24, 2.45) is 11.7 Å². The van der Waals surface area contributed by atoms with Crippen LogP contribution < -0.4 is 15.8 Å². The average Bonchev–Trinajstić information content (AvgIpc) is 2.28. The van der Waals surface area contributed by atoms with E-state index >= 15 is 0 Å². The highest BCUT2D eigenvalue weighted by Gasteiger charge is 2.17. The van der Waals surface area contributed by atoms with Crippen LogP contribution in [-0.2, 0) is 4.79 Å². The van der Waals surface area contributed by atoms with Crippen LogP contribution >= 0.6 is 0 Å². The number of hydrogen-bond acceptors (Lipinski definition) is 3. The first-order valence-corrected chi connectivity index (χ1v) is 5.84. The number of anilines is 1. The highest BCUT2D eigenvalue weighted by Crippen LogP contribution is 2.17. The summed E-state index contributed by atoms with van der Waals surface area (Å²) in [5.74, 6) is 0.683. The summed E-state index contributed by atoms with van der Waals surface area (Å²) in [6.07, 6.45) is 0. The van der Waals surface area contributed by atoms with E-state index in [1.54, 1.807) is 6.07 Å². The van der Waals surface area contributed by atoms with Crippen LogP contribution in [0.15, 0.2) is 24.3 Å². The van der Waals surface area contributed by atoms with E-state index in [0.717, 1.165) is 5.75 Å². The SMILES string of the molecule is CCOc1cccc(NC(=O)C(N)C(C)C)c1. The van der Waals surface area contributed by atoms with Crippen LogP contribution in [0.25, 0.3) is 0 Å².